The highest BCUT2D eigenvalue weighted by Crippen LogP contribution is 2.27. The Bertz CT molecular complexity index is 1020. The lowest BCUT2D eigenvalue weighted by Gasteiger charge is -2.12. The van der Waals surface area contributed by atoms with Gasteiger partial charge in [0.2, 0.25) is 5.91 Å². The molecule has 0 bridgehead atoms. The maximum atomic E-state index is 14.0. The van der Waals surface area contributed by atoms with Crippen molar-refractivity contribution in [2.24, 2.45) is 7.05 Å². The maximum Gasteiger partial charge on any atom is 0.237 e. The number of Topliss-reactive ketones (excluding diaryl/α,β-unsaturated/α-hetero) is 1. The quantitative estimate of drug-likeness (QED) is 0.503. The van der Waals surface area contributed by atoms with Gasteiger partial charge in [0.15, 0.2) is 16.8 Å². The minimum atomic E-state index is -0.455. The molecule has 28 heavy (non-hydrogen) atoms. The third kappa shape index (κ3) is 4.28. The Labute approximate surface area is 166 Å². The van der Waals surface area contributed by atoms with Gasteiger partial charge in [0.05, 0.1) is 10.8 Å². The van der Waals surface area contributed by atoms with Crippen LogP contribution in [0.4, 0.5) is 10.1 Å². The number of ketones is 1. The van der Waals surface area contributed by atoms with Gasteiger partial charge < -0.3 is 9.88 Å². The van der Waals surface area contributed by atoms with E-state index in [1.54, 1.807) is 61.0 Å². The van der Waals surface area contributed by atoms with Crippen LogP contribution in [-0.4, -0.2) is 31.7 Å². The average molecular weight is 398 g/mol. The number of benzene rings is 2. The minimum absolute atomic E-state index is 0.0326. The fraction of sp³-hybridized carbons (Fsp3) is 0.200. The largest absolute Gasteiger partial charge is 0.325 e. The molecule has 1 amide bonds. The third-order valence-corrected chi connectivity index (χ3v) is 5.29. The molecule has 0 radical (unpaired) electrons. The number of carbonyl (C=O) groups excluding carboxylic acids is 2. The second kappa shape index (κ2) is 8.35. The van der Waals surface area contributed by atoms with Gasteiger partial charge in [0.25, 0.3) is 0 Å². The lowest BCUT2D eigenvalue weighted by Crippen LogP contribution is -2.22. The van der Waals surface area contributed by atoms with Crippen LogP contribution in [0, 0.1) is 5.82 Å². The summed E-state index contributed by atoms with van der Waals surface area (Å²) < 4.78 is 15.7. The number of anilines is 1. The molecule has 6 nitrogen and oxygen atoms in total. The lowest BCUT2D eigenvalue weighted by atomic mass is 10.1. The summed E-state index contributed by atoms with van der Waals surface area (Å²) in [4.78, 5) is 23.8. The minimum Gasteiger partial charge on any atom is -0.325 e. The molecule has 3 rings (SSSR count). The summed E-state index contributed by atoms with van der Waals surface area (Å²) in [7, 11) is 1.73. The monoisotopic (exact) mass is 398 g/mol. The number of halogens is 1. The number of aromatic nitrogens is 3. The van der Waals surface area contributed by atoms with E-state index in [0.29, 0.717) is 27.8 Å². The Balaban J connectivity index is 1.69. The molecule has 0 saturated carbocycles. The SMILES string of the molecule is CC(=O)c1ccc(NC(=O)[C@H](C)Sc2nnc(-c3ccccc3F)n2C)cc1. The highest BCUT2D eigenvalue weighted by atomic mass is 32.2. The predicted molar refractivity (Wildman–Crippen MR) is 107 cm³/mol. The van der Waals surface area contributed by atoms with Crippen molar-refractivity contribution < 1.29 is 14.0 Å². The molecule has 0 fully saturated rings. The van der Waals surface area contributed by atoms with Crippen LogP contribution in [0.25, 0.3) is 11.4 Å². The zero-order chi connectivity index (χ0) is 20.3. The standard InChI is InChI=1S/C20H19FN4O2S/c1-12(26)14-8-10-15(11-9-14)22-19(27)13(2)28-20-24-23-18(25(20)3)16-6-4-5-7-17(16)21/h4-11,13H,1-3H3,(H,22,27)/t13-/m0/s1. The molecule has 0 aliphatic carbocycles. The molecule has 2 aromatic carbocycles. The summed E-state index contributed by atoms with van der Waals surface area (Å²) in [5, 5.41) is 11.0. The van der Waals surface area contributed by atoms with Gasteiger partial charge in [0.1, 0.15) is 5.82 Å². The molecule has 144 valence electrons. The Kier molecular flexibility index (Phi) is 5.89. The molecule has 3 aromatic rings. The van der Waals surface area contributed by atoms with Crippen LogP contribution >= 0.6 is 11.8 Å². The topological polar surface area (TPSA) is 76.9 Å². The van der Waals surface area contributed by atoms with E-state index < -0.39 is 5.25 Å². The second-order valence-electron chi connectivity index (χ2n) is 6.23. The third-order valence-electron chi connectivity index (χ3n) is 4.16. The van der Waals surface area contributed by atoms with Gasteiger partial charge in [0, 0.05) is 18.3 Å². The molecule has 0 aliphatic rings. The Hall–Kier alpha value is -3.00. The highest BCUT2D eigenvalue weighted by molar-refractivity contribution is 8.00. The molecular formula is C20H19FN4O2S. The fourth-order valence-electron chi connectivity index (χ4n) is 2.54. The summed E-state index contributed by atoms with van der Waals surface area (Å²) in [6.07, 6.45) is 0. The first-order chi connectivity index (χ1) is 13.4. The number of hydrogen-bond acceptors (Lipinski definition) is 5. The molecule has 8 heteroatoms. The van der Waals surface area contributed by atoms with Crippen molar-refractivity contribution in [3.8, 4) is 11.4 Å². The van der Waals surface area contributed by atoms with Gasteiger partial charge >= 0.3 is 0 Å². The van der Waals surface area contributed by atoms with E-state index in [2.05, 4.69) is 15.5 Å². The normalized spacial score (nSPS) is 11.9. The first kappa shape index (κ1) is 19.8. The molecule has 0 saturated heterocycles. The predicted octanol–water partition coefficient (Wildman–Crippen LogP) is 3.94. The Morgan fingerprint density at radius 2 is 1.79 bits per heavy atom. The second-order valence-corrected chi connectivity index (χ2v) is 7.54. The molecule has 1 aromatic heterocycles. The first-order valence-electron chi connectivity index (χ1n) is 8.59. The van der Waals surface area contributed by atoms with Crippen LogP contribution in [0.3, 0.4) is 0 Å². The molecule has 0 unspecified atom stereocenters. The lowest BCUT2D eigenvalue weighted by molar-refractivity contribution is -0.115. The number of hydrogen-bond donors (Lipinski definition) is 1. The number of rotatable bonds is 6. The van der Waals surface area contributed by atoms with Gasteiger partial charge in [-0.25, -0.2) is 4.39 Å². The van der Waals surface area contributed by atoms with Crippen molar-refractivity contribution in [3.63, 3.8) is 0 Å². The summed E-state index contributed by atoms with van der Waals surface area (Å²) in [5.74, 6) is -0.229. The van der Waals surface area contributed by atoms with Crippen molar-refractivity contribution >= 4 is 29.1 Å². The van der Waals surface area contributed by atoms with Crippen molar-refractivity contribution in [1.82, 2.24) is 14.8 Å². The molecule has 1 atom stereocenters. The smallest absolute Gasteiger partial charge is 0.237 e. The van der Waals surface area contributed by atoms with Crippen molar-refractivity contribution in [2.45, 2.75) is 24.3 Å². The number of nitrogens with one attached hydrogen (secondary N) is 1. The summed E-state index contributed by atoms with van der Waals surface area (Å²) in [6, 6.07) is 13.0. The fourth-order valence-corrected chi connectivity index (χ4v) is 3.35. The summed E-state index contributed by atoms with van der Waals surface area (Å²) in [6.45, 7) is 3.24. The molecular weight excluding hydrogens is 379 g/mol. The van der Waals surface area contributed by atoms with Gasteiger partial charge in [-0.3, -0.25) is 9.59 Å². The van der Waals surface area contributed by atoms with E-state index in [1.807, 2.05) is 0 Å². The van der Waals surface area contributed by atoms with Crippen LogP contribution in [-0.2, 0) is 11.8 Å². The van der Waals surface area contributed by atoms with Gasteiger partial charge in [-0.2, -0.15) is 0 Å². The van der Waals surface area contributed by atoms with Crippen molar-refractivity contribution in [3.05, 3.63) is 59.9 Å². The van der Waals surface area contributed by atoms with Crippen LogP contribution < -0.4 is 5.32 Å². The average Bonchev–Trinajstić information content (AvgIpc) is 3.03. The van der Waals surface area contributed by atoms with Gasteiger partial charge in [-0.05, 0) is 50.2 Å². The van der Waals surface area contributed by atoms with E-state index in [0.717, 1.165) is 0 Å². The number of thioether (sulfide) groups is 1. The number of carbonyl (C=O) groups is 2. The van der Waals surface area contributed by atoms with Crippen LogP contribution in [0.15, 0.2) is 53.7 Å². The molecule has 0 aliphatic heterocycles. The molecule has 1 heterocycles. The van der Waals surface area contributed by atoms with Crippen molar-refractivity contribution in [1.29, 1.82) is 0 Å². The van der Waals surface area contributed by atoms with Crippen LogP contribution in [0.2, 0.25) is 0 Å². The van der Waals surface area contributed by atoms with Crippen LogP contribution in [0.1, 0.15) is 24.2 Å². The van der Waals surface area contributed by atoms with E-state index in [1.165, 1.54) is 24.8 Å². The van der Waals surface area contributed by atoms with Gasteiger partial charge in [-0.1, -0.05) is 23.9 Å². The maximum absolute atomic E-state index is 14.0. The molecule has 0 spiro atoms. The summed E-state index contributed by atoms with van der Waals surface area (Å²) in [5.41, 5.74) is 1.54. The van der Waals surface area contributed by atoms with E-state index in [9.17, 15) is 14.0 Å². The Morgan fingerprint density at radius 3 is 2.43 bits per heavy atom. The Morgan fingerprint density at radius 1 is 1.11 bits per heavy atom. The number of amides is 1. The van der Waals surface area contributed by atoms with Crippen molar-refractivity contribution in [2.75, 3.05) is 5.32 Å². The number of nitrogens with zero attached hydrogens (tertiary/aromatic N) is 3. The van der Waals surface area contributed by atoms with E-state index in [-0.39, 0.29) is 17.5 Å². The molecule has 1 N–H and O–H groups in total. The van der Waals surface area contributed by atoms with E-state index in [4.69, 9.17) is 0 Å². The zero-order valence-corrected chi connectivity index (χ0v) is 16.5. The highest BCUT2D eigenvalue weighted by Gasteiger charge is 2.20. The van der Waals surface area contributed by atoms with E-state index >= 15 is 0 Å². The zero-order valence-electron chi connectivity index (χ0n) is 15.6. The van der Waals surface area contributed by atoms with Crippen LogP contribution in [0.5, 0.6) is 0 Å². The first-order valence-corrected chi connectivity index (χ1v) is 9.47. The summed E-state index contributed by atoms with van der Waals surface area (Å²) >= 11 is 1.23. The van der Waals surface area contributed by atoms with Gasteiger partial charge in [-0.15, -0.1) is 10.2 Å².